The Labute approximate surface area is 227 Å². The second kappa shape index (κ2) is 13.3. The van der Waals surface area contributed by atoms with Gasteiger partial charge in [0, 0.05) is 49.9 Å². The third kappa shape index (κ3) is 8.67. The summed E-state index contributed by atoms with van der Waals surface area (Å²) < 4.78 is 67.1. The van der Waals surface area contributed by atoms with Crippen molar-refractivity contribution in [2.45, 2.75) is 32.1 Å². The van der Waals surface area contributed by atoms with Crippen LogP contribution in [0.15, 0.2) is 30.3 Å². The van der Waals surface area contributed by atoms with Crippen molar-refractivity contribution in [3.63, 3.8) is 0 Å². The normalized spacial score (nSPS) is 15.1. The van der Waals surface area contributed by atoms with Crippen LogP contribution in [-0.4, -0.2) is 73.5 Å². The Hall–Kier alpha value is -3.16. The number of amides is 3. The van der Waals surface area contributed by atoms with E-state index in [2.05, 4.69) is 16.0 Å². The molecule has 3 rings (SSSR count). The second-order valence-electron chi connectivity index (χ2n) is 9.12. The van der Waals surface area contributed by atoms with Crippen LogP contribution in [0.25, 0.3) is 0 Å². The smallest absolute Gasteiger partial charge is 0.390 e. The van der Waals surface area contributed by atoms with E-state index in [1.54, 1.807) is 17.9 Å². The summed E-state index contributed by atoms with van der Waals surface area (Å²) in [6.45, 7) is 2.26. The first-order chi connectivity index (χ1) is 18.4. The van der Waals surface area contributed by atoms with Gasteiger partial charge in [0.1, 0.15) is 0 Å². The number of hydrogen-bond acceptors (Lipinski definition) is 5. The predicted molar refractivity (Wildman–Crippen MR) is 137 cm³/mol. The molecule has 214 valence electrons. The third-order valence-electron chi connectivity index (χ3n) is 6.13. The fourth-order valence-corrected chi connectivity index (χ4v) is 4.12. The number of carbonyl (C=O) groups is 2. The molecule has 0 radical (unpaired) electrons. The van der Waals surface area contributed by atoms with Crippen LogP contribution in [0.2, 0.25) is 5.02 Å². The molecule has 0 spiro atoms. The standard InChI is InChI=1S/C25H29ClF5N5O3/c1-15(14-37)33-24(39)32-13-16-2-4-18(22(28)21(16)27)23(38)34-19-5-3-17(26)12-20(19)36-10-8-35(9-11-36)7-6-25(29,30)31/h2-5,12,15,37H,6-11,13-14H2,1H3,(H,34,38)(H2,32,33,39)/t15-/m1/s1. The first-order valence-electron chi connectivity index (χ1n) is 12.1. The van der Waals surface area contributed by atoms with Gasteiger partial charge in [0.25, 0.3) is 5.91 Å². The molecule has 0 bridgehead atoms. The highest BCUT2D eigenvalue weighted by Crippen LogP contribution is 2.31. The van der Waals surface area contributed by atoms with Gasteiger partial charge in [0.2, 0.25) is 0 Å². The quantitative estimate of drug-likeness (QED) is 0.336. The minimum absolute atomic E-state index is 0.112. The zero-order valence-electron chi connectivity index (χ0n) is 21.0. The molecule has 0 unspecified atom stereocenters. The summed E-state index contributed by atoms with van der Waals surface area (Å²) in [5.74, 6) is -3.62. The van der Waals surface area contributed by atoms with Gasteiger partial charge >= 0.3 is 12.2 Å². The van der Waals surface area contributed by atoms with Crippen molar-refractivity contribution in [2.75, 3.05) is 49.5 Å². The van der Waals surface area contributed by atoms with Crippen LogP contribution >= 0.6 is 11.6 Å². The Balaban J connectivity index is 1.68. The number of rotatable bonds is 9. The van der Waals surface area contributed by atoms with Crippen LogP contribution in [0.3, 0.4) is 0 Å². The number of nitrogens with one attached hydrogen (secondary N) is 3. The van der Waals surface area contributed by atoms with Crippen molar-refractivity contribution >= 4 is 34.9 Å². The molecule has 0 saturated carbocycles. The lowest BCUT2D eigenvalue weighted by Crippen LogP contribution is -2.47. The molecule has 1 heterocycles. The van der Waals surface area contributed by atoms with E-state index >= 15 is 0 Å². The van der Waals surface area contributed by atoms with Crippen LogP contribution in [0.1, 0.15) is 29.3 Å². The maximum absolute atomic E-state index is 14.8. The van der Waals surface area contributed by atoms with Crippen molar-refractivity contribution in [3.05, 3.63) is 58.1 Å². The Morgan fingerprint density at radius 1 is 1.08 bits per heavy atom. The molecule has 2 aromatic carbocycles. The van der Waals surface area contributed by atoms with Gasteiger partial charge in [-0.15, -0.1) is 0 Å². The highest BCUT2D eigenvalue weighted by atomic mass is 35.5. The number of carbonyl (C=O) groups excluding carboxylic acids is 2. The molecule has 2 aromatic rings. The van der Waals surface area contributed by atoms with Crippen molar-refractivity contribution < 1.29 is 36.6 Å². The summed E-state index contributed by atoms with van der Waals surface area (Å²) in [6, 6.07) is 5.64. The van der Waals surface area contributed by atoms with Crippen LogP contribution in [0.5, 0.6) is 0 Å². The van der Waals surface area contributed by atoms with Gasteiger partial charge in [0.05, 0.1) is 36.0 Å². The minimum Gasteiger partial charge on any atom is -0.394 e. The number of benzene rings is 2. The number of urea groups is 1. The van der Waals surface area contributed by atoms with E-state index in [4.69, 9.17) is 16.7 Å². The monoisotopic (exact) mass is 577 g/mol. The SMILES string of the molecule is C[C@H](CO)NC(=O)NCc1ccc(C(=O)Nc2ccc(Cl)cc2N2CCN(CCC(F)(F)F)CC2)c(F)c1F. The molecular formula is C25H29ClF5N5O3. The molecule has 1 aliphatic heterocycles. The summed E-state index contributed by atoms with van der Waals surface area (Å²) in [4.78, 5) is 28.2. The highest BCUT2D eigenvalue weighted by molar-refractivity contribution is 6.31. The van der Waals surface area contributed by atoms with E-state index in [-0.39, 0.29) is 30.9 Å². The Kier molecular flexibility index (Phi) is 10.3. The summed E-state index contributed by atoms with van der Waals surface area (Å²) in [5, 5.41) is 16.6. The fourth-order valence-electron chi connectivity index (χ4n) is 3.96. The minimum atomic E-state index is -4.24. The molecule has 14 heteroatoms. The number of piperazine rings is 1. The number of aliphatic hydroxyl groups excluding tert-OH is 1. The average Bonchev–Trinajstić information content (AvgIpc) is 2.89. The van der Waals surface area contributed by atoms with E-state index in [1.165, 1.54) is 18.2 Å². The van der Waals surface area contributed by atoms with E-state index in [0.717, 1.165) is 6.07 Å². The summed E-state index contributed by atoms with van der Waals surface area (Å²) in [6.07, 6.45) is -5.14. The van der Waals surface area contributed by atoms with Crippen LogP contribution < -0.4 is 20.9 Å². The summed E-state index contributed by atoms with van der Waals surface area (Å²) in [7, 11) is 0. The lowest BCUT2D eigenvalue weighted by Gasteiger charge is -2.37. The zero-order chi connectivity index (χ0) is 28.7. The first kappa shape index (κ1) is 30.4. The summed E-state index contributed by atoms with van der Waals surface area (Å²) >= 11 is 6.14. The first-order valence-corrected chi connectivity index (χ1v) is 12.5. The second-order valence-corrected chi connectivity index (χ2v) is 9.56. The Morgan fingerprint density at radius 2 is 1.77 bits per heavy atom. The number of anilines is 2. The molecule has 8 nitrogen and oxygen atoms in total. The van der Waals surface area contributed by atoms with Crippen LogP contribution in [0, 0.1) is 11.6 Å². The largest absolute Gasteiger partial charge is 0.394 e. The van der Waals surface area contributed by atoms with E-state index in [0.29, 0.717) is 36.9 Å². The Bertz CT molecular complexity index is 1180. The molecule has 1 saturated heterocycles. The number of hydrogen-bond donors (Lipinski definition) is 4. The molecular weight excluding hydrogens is 549 g/mol. The topological polar surface area (TPSA) is 96.9 Å². The van der Waals surface area contributed by atoms with E-state index in [9.17, 15) is 31.5 Å². The number of nitrogens with zero attached hydrogens (tertiary/aromatic N) is 2. The van der Waals surface area contributed by atoms with Gasteiger partial charge in [0.15, 0.2) is 11.6 Å². The van der Waals surface area contributed by atoms with Gasteiger partial charge in [-0.05, 0) is 31.2 Å². The molecule has 1 aliphatic rings. The van der Waals surface area contributed by atoms with Gasteiger partial charge in [-0.25, -0.2) is 13.6 Å². The van der Waals surface area contributed by atoms with Crippen molar-refractivity contribution in [3.8, 4) is 0 Å². The fraction of sp³-hybridized carbons (Fsp3) is 0.440. The molecule has 1 atom stereocenters. The van der Waals surface area contributed by atoms with Crippen molar-refractivity contribution in [2.24, 2.45) is 0 Å². The number of aliphatic hydroxyl groups is 1. The lowest BCUT2D eigenvalue weighted by molar-refractivity contribution is -0.138. The summed E-state index contributed by atoms with van der Waals surface area (Å²) in [5.41, 5.74) is 0.0170. The average molecular weight is 578 g/mol. The maximum Gasteiger partial charge on any atom is 0.390 e. The van der Waals surface area contributed by atoms with Gasteiger partial charge in [-0.3, -0.25) is 9.69 Å². The van der Waals surface area contributed by atoms with Crippen molar-refractivity contribution in [1.82, 2.24) is 15.5 Å². The molecule has 0 aromatic heterocycles. The lowest BCUT2D eigenvalue weighted by atomic mass is 10.1. The molecule has 3 amide bonds. The zero-order valence-corrected chi connectivity index (χ0v) is 21.8. The Morgan fingerprint density at radius 3 is 2.41 bits per heavy atom. The van der Waals surface area contributed by atoms with Gasteiger partial charge in [-0.1, -0.05) is 17.7 Å². The predicted octanol–water partition coefficient (Wildman–Crippen LogP) is 4.12. The molecule has 0 aliphatic carbocycles. The number of alkyl halides is 3. The highest BCUT2D eigenvalue weighted by Gasteiger charge is 2.29. The number of halogens is 6. The molecule has 39 heavy (non-hydrogen) atoms. The van der Waals surface area contributed by atoms with Gasteiger partial charge in [-0.2, -0.15) is 13.2 Å². The van der Waals surface area contributed by atoms with E-state index < -0.39 is 47.8 Å². The van der Waals surface area contributed by atoms with Crippen LogP contribution in [-0.2, 0) is 6.54 Å². The maximum atomic E-state index is 14.8. The third-order valence-corrected chi connectivity index (χ3v) is 6.37. The molecule has 4 N–H and O–H groups in total. The molecule has 1 fully saturated rings. The van der Waals surface area contributed by atoms with Crippen molar-refractivity contribution in [1.29, 1.82) is 0 Å². The van der Waals surface area contributed by atoms with Gasteiger partial charge < -0.3 is 26.0 Å². The van der Waals surface area contributed by atoms with E-state index in [1.807, 2.05) is 4.90 Å². The van der Waals surface area contributed by atoms with Crippen LogP contribution in [0.4, 0.5) is 38.1 Å².